The van der Waals surface area contributed by atoms with Crippen molar-refractivity contribution >= 4 is 38.1 Å². The number of nitrogens with one attached hydrogen (secondary N) is 2. The van der Waals surface area contributed by atoms with Crippen LogP contribution in [0.25, 0.3) is 10.2 Å². The SMILES string of the molecule is C=C(Nc1ccccc1)Nc1cccc2nc(N)sc12. The van der Waals surface area contributed by atoms with Gasteiger partial charge >= 0.3 is 0 Å². The van der Waals surface area contributed by atoms with E-state index in [1.807, 2.05) is 48.5 Å². The number of benzene rings is 2. The fourth-order valence-corrected chi connectivity index (χ4v) is 2.75. The maximum Gasteiger partial charge on any atom is 0.181 e. The number of nitrogen functional groups attached to an aromatic ring is 1. The zero-order chi connectivity index (χ0) is 13.9. The number of para-hydroxylation sites is 1. The standard InChI is InChI=1S/C15H14N4S/c1-10(17-11-6-3-2-4-7-11)18-12-8-5-9-13-14(12)20-15(16)19-13/h2-9,17-18H,1H2,(H2,16,19). The minimum Gasteiger partial charge on any atom is -0.375 e. The Morgan fingerprint density at radius 1 is 1.05 bits per heavy atom. The molecule has 0 spiro atoms. The lowest BCUT2D eigenvalue weighted by atomic mass is 10.3. The van der Waals surface area contributed by atoms with E-state index in [9.17, 15) is 0 Å². The van der Waals surface area contributed by atoms with E-state index in [0.717, 1.165) is 21.6 Å². The van der Waals surface area contributed by atoms with Crippen LogP contribution in [0.1, 0.15) is 0 Å². The molecule has 0 amide bonds. The molecule has 0 radical (unpaired) electrons. The largest absolute Gasteiger partial charge is 0.375 e. The Kier molecular flexibility index (Phi) is 3.26. The van der Waals surface area contributed by atoms with Crippen molar-refractivity contribution in [1.29, 1.82) is 0 Å². The Morgan fingerprint density at radius 3 is 2.65 bits per heavy atom. The second kappa shape index (κ2) is 5.22. The molecule has 0 atom stereocenters. The fourth-order valence-electron chi connectivity index (χ4n) is 1.95. The highest BCUT2D eigenvalue weighted by molar-refractivity contribution is 7.22. The molecule has 0 saturated carbocycles. The van der Waals surface area contributed by atoms with E-state index in [2.05, 4.69) is 22.2 Å². The summed E-state index contributed by atoms with van der Waals surface area (Å²) in [5.41, 5.74) is 8.59. The van der Waals surface area contributed by atoms with Crippen LogP contribution in [0.3, 0.4) is 0 Å². The van der Waals surface area contributed by atoms with Crippen molar-refractivity contribution in [2.75, 3.05) is 16.4 Å². The van der Waals surface area contributed by atoms with Crippen molar-refractivity contribution < 1.29 is 0 Å². The monoisotopic (exact) mass is 282 g/mol. The predicted molar refractivity (Wildman–Crippen MR) is 86.9 cm³/mol. The third-order valence-electron chi connectivity index (χ3n) is 2.79. The number of hydrogen-bond acceptors (Lipinski definition) is 5. The average molecular weight is 282 g/mol. The van der Waals surface area contributed by atoms with E-state index in [1.54, 1.807) is 0 Å². The Balaban J connectivity index is 1.81. The quantitative estimate of drug-likeness (QED) is 0.679. The summed E-state index contributed by atoms with van der Waals surface area (Å²) < 4.78 is 1.03. The molecule has 0 fully saturated rings. The summed E-state index contributed by atoms with van der Waals surface area (Å²) in [6, 6.07) is 15.8. The second-order valence-electron chi connectivity index (χ2n) is 4.30. The average Bonchev–Trinajstić information content (AvgIpc) is 2.81. The molecule has 0 aliphatic carbocycles. The van der Waals surface area contributed by atoms with Crippen LogP contribution in [-0.2, 0) is 0 Å². The zero-order valence-electron chi connectivity index (χ0n) is 10.8. The fraction of sp³-hybridized carbons (Fsp3) is 0. The van der Waals surface area contributed by atoms with Gasteiger partial charge in [0.1, 0.15) is 5.82 Å². The molecule has 3 aromatic rings. The van der Waals surface area contributed by atoms with Gasteiger partial charge in [-0.05, 0) is 24.3 Å². The zero-order valence-corrected chi connectivity index (χ0v) is 11.6. The molecule has 2 aromatic carbocycles. The van der Waals surface area contributed by atoms with E-state index >= 15 is 0 Å². The third kappa shape index (κ3) is 2.57. The summed E-state index contributed by atoms with van der Waals surface area (Å²) in [7, 11) is 0. The highest BCUT2D eigenvalue weighted by Gasteiger charge is 2.06. The van der Waals surface area contributed by atoms with Crippen LogP contribution in [-0.4, -0.2) is 4.98 Å². The van der Waals surface area contributed by atoms with Gasteiger partial charge in [-0.3, -0.25) is 0 Å². The van der Waals surface area contributed by atoms with Gasteiger partial charge in [0, 0.05) is 5.69 Å². The van der Waals surface area contributed by atoms with Crippen molar-refractivity contribution in [2.24, 2.45) is 0 Å². The van der Waals surface area contributed by atoms with Gasteiger partial charge in [-0.2, -0.15) is 0 Å². The number of fused-ring (bicyclic) bond motifs is 1. The summed E-state index contributed by atoms with van der Waals surface area (Å²) in [5, 5.41) is 7.03. The Hall–Kier alpha value is -2.53. The maximum atomic E-state index is 5.76. The van der Waals surface area contributed by atoms with Gasteiger partial charge in [0.05, 0.1) is 15.9 Å². The molecule has 20 heavy (non-hydrogen) atoms. The summed E-state index contributed by atoms with van der Waals surface area (Å²) in [6.07, 6.45) is 0. The molecule has 1 aromatic heterocycles. The van der Waals surface area contributed by atoms with Crippen LogP contribution < -0.4 is 16.4 Å². The van der Waals surface area contributed by atoms with Gasteiger partial charge in [-0.1, -0.05) is 42.2 Å². The normalized spacial score (nSPS) is 10.4. The molecular weight excluding hydrogens is 268 g/mol. The molecular formula is C15H14N4S. The van der Waals surface area contributed by atoms with Crippen molar-refractivity contribution in [2.45, 2.75) is 0 Å². The molecule has 0 aliphatic rings. The molecule has 100 valence electrons. The lowest BCUT2D eigenvalue weighted by Gasteiger charge is -2.12. The van der Waals surface area contributed by atoms with Crippen molar-refractivity contribution in [3.63, 3.8) is 0 Å². The van der Waals surface area contributed by atoms with Crippen molar-refractivity contribution in [3.8, 4) is 0 Å². The van der Waals surface area contributed by atoms with E-state index in [4.69, 9.17) is 5.73 Å². The highest BCUT2D eigenvalue weighted by Crippen LogP contribution is 2.31. The number of aromatic nitrogens is 1. The second-order valence-corrected chi connectivity index (χ2v) is 5.33. The number of rotatable bonds is 4. The first-order valence-electron chi connectivity index (χ1n) is 6.15. The Labute approximate surface area is 121 Å². The van der Waals surface area contributed by atoms with Crippen molar-refractivity contribution in [3.05, 3.63) is 60.9 Å². The van der Waals surface area contributed by atoms with Crippen LogP contribution >= 0.6 is 11.3 Å². The molecule has 4 N–H and O–H groups in total. The molecule has 0 unspecified atom stereocenters. The van der Waals surface area contributed by atoms with Gasteiger partial charge in [0.2, 0.25) is 0 Å². The van der Waals surface area contributed by atoms with Gasteiger partial charge in [-0.25, -0.2) is 4.98 Å². The summed E-state index contributed by atoms with van der Waals surface area (Å²) >= 11 is 1.46. The van der Waals surface area contributed by atoms with Crippen LogP contribution in [0, 0.1) is 0 Å². The first-order valence-corrected chi connectivity index (χ1v) is 6.97. The Morgan fingerprint density at radius 2 is 1.85 bits per heavy atom. The van der Waals surface area contributed by atoms with E-state index in [-0.39, 0.29) is 0 Å². The number of hydrogen-bond donors (Lipinski definition) is 3. The number of anilines is 3. The van der Waals surface area contributed by atoms with Crippen LogP contribution in [0.4, 0.5) is 16.5 Å². The van der Waals surface area contributed by atoms with Crippen LogP contribution in [0.2, 0.25) is 0 Å². The minimum absolute atomic E-state index is 0.566. The molecule has 0 aliphatic heterocycles. The molecule has 4 nitrogen and oxygen atoms in total. The van der Waals surface area contributed by atoms with Gasteiger partial charge in [-0.15, -0.1) is 0 Å². The topological polar surface area (TPSA) is 63.0 Å². The molecule has 1 heterocycles. The number of thiazole rings is 1. The van der Waals surface area contributed by atoms with Crippen molar-refractivity contribution in [1.82, 2.24) is 4.98 Å². The van der Waals surface area contributed by atoms with Gasteiger partial charge in [0.15, 0.2) is 5.13 Å². The van der Waals surface area contributed by atoms with Gasteiger partial charge < -0.3 is 16.4 Å². The third-order valence-corrected chi connectivity index (χ3v) is 3.72. The molecule has 0 bridgehead atoms. The summed E-state index contributed by atoms with van der Waals surface area (Å²) in [6.45, 7) is 3.99. The lowest BCUT2D eigenvalue weighted by molar-refractivity contribution is 1.39. The molecule has 5 heteroatoms. The number of nitrogens with zero attached hydrogens (tertiary/aromatic N) is 1. The first kappa shape index (κ1) is 12.5. The first-order chi connectivity index (χ1) is 9.72. The molecule has 0 saturated heterocycles. The molecule has 3 rings (SSSR count). The maximum absolute atomic E-state index is 5.76. The lowest BCUT2D eigenvalue weighted by Crippen LogP contribution is -2.07. The number of nitrogens with two attached hydrogens (primary N) is 1. The Bertz CT molecular complexity index is 749. The predicted octanol–water partition coefficient (Wildman–Crippen LogP) is 3.87. The van der Waals surface area contributed by atoms with E-state index in [1.165, 1.54) is 11.3 Å². The van der Waals surface area contributed by atoms with Gasteiger partial charge in [0.25, 0.3) is 0 Å². The van der Waals surface area contributed by atoms with Crippen LogP contribution in [0.15, 0.2) is 60.9 Å². The summed E-state index contributed by atoms with van der Waals surface area (Å²) in [5.74, 6) is 0.704. The summed E-state index contributed by atoms with van der Waals surface area (Å²) in [4.78, 5) is 4.27. The van der Waals surface area contributed by atoms with Crippen LogP contribution in [0.5, 0.6) is 0 Å². The highest BCUT2D eigenvalue weighted by atomic mass is 32.1. The van der Waals surface area contributed by atoms with E-state index < -0.39 is 0 Å². The minimum atomic E-state index is 0.566. The smallest absolute Gasteiger partial charge is 0.181 e. The van der Waals surface area contributed by atoms with E-state index in [0.29, 0.717) is 11.0 Å².